The Bertz CT molecular complexity index is 715. The smallest absolute Gasteiger partial charge is 0.244 e. The Morgan fingerprint density at radius 3 is 2.74 bits per heavy atom. The molecule has 0 aromatic heterocycles. The van der Waals surface area contributed by atoms with Crippen LogP contribution in [0.1, 0.15) is 30.9 Å². The molecule has 3 rings (SSSR count). The van der Waals surface area contributed by atoms with Crippen LogP contribution in [-0.2, 0) is 27.5 Å². The molecule has 0 spiro atoms. The summed E-state index contributed by atoms with van der Waals surface area (Å²) in [4.78, 5) is 14.1. The molecular weight excluding hydrogens is 312 g/mol. The lowest BCUT2D eigenvalue weighted by Gasteiger charge is -2.27. The molecule has 0 saturated carbocycles. The molecule has 1 heterocycles. The van der Waals surface area contributed by atoms with Gasteiger partial charge in [0.2, 0.25) is 5.91 Å². The molecule has 1 aliphatic heterocycles. The second-order valence-corrected chi connectivity index (χ2v) is 8.94. The second-order valence-electron chi connectivity index (χ2n) is 6.71. The van der Waals surface area contributed by atoms with E-state index in [4.69, 9.17) is 0 Å². The Hall–Kier alpha value is -1.56. The van der Waals surface area contributed by atoms with Crippen LogP contribution in [0, 0.1) is 0 Å². The number of carbonyl (C=O) groups is 1. The predicted molar refractivity (Wildman–Crippen MR) is 91.4 cm³/mol. The van der Waals surface area contributed by atoms with Crippen molar-refractivity contribution in [3.63, 3.8) is 0 Å². The second kappa shape index (κ2) is 6.15. The van der Waals surface area contributed by atoms with E-state index in [1.807, 2.05) is 13.0 Å². The van der Waals surface area contributed by atoms with Crippen LogP contribution < -0.4 is 5.32 Å². The highest BCUT2D eigenvalue weighted by Crippen LogP contribution is 2.25. The highest BCUT2D eigenvalue weighted by molar-refractivity contribution is 7.91. The number of likely N-dealkylation sites (N-methyl/N-ethyl adjacent to an activating group) is 1. The summed E-state index contributed by atoms with van der Waals surface area (Å²) in [5, 5.41) is 3.26. The summed E-state index contributed by atoms with van der Waals surface area (Å²) < 4.78 is 23.2. The van der Waals surface area contributed by atoms with Gasteiger partial charge in [-0.3, -0.25) is 4.79 Å². The summed E-state index contributed by atoms with van der Waals surface area (Å²) in [6.45, 7) is 1.83. The molecule has 0 radical (unpaired) electrons. The molecule has 0 bridgehead atoms. The number of hydrogen-bond acceptors (Lipinski definition) is 4. The predicted octanol–water partition coefficient (Wildman–Crippen LogP) is 1.62. The van der Waals surface area contributed by atoms with E-state index >= 15 is 0 Å². The molecular formula is C17H24N2O3S. The number of sulfone groups is 1. The number of anilines is 1. The van der Waals surface area contributed by atoms with Crippen molar-refractivity contribution in [2.45, 2.75) is 44.7 Å². The molecule has 1 saturated heterocycles. The van der Waals surface area contributed by atoms with Crippen molar-refractivity contribution in [3.8, 4) is 0 Å². The zero-order valence-corrected chi connectivity index (χ0v) is 14.5. The van der Waals surface area contributed by atoms with E-state index in [1.54, 1.807) is 11.9 Å². The summed E-state index contributed by atoms with van der Waals surface area (Å²) in [5.41, 5.74) is 3.73. The number of amides is 1. The highest BCUT2D eigenvalue weighted by Gasteiger charge is 2.34. The standard InChI is InChI=1S/C17H24N2O3S/c1-12(17(20)19(2)16-8-9-23(21,22)11-16)18-15-7-6-13-4-3-5-14(13)10-15/h6-7,10,12,16,18H,3-5,8-9,11H2,1-2H3. The topological polar surface area (TPSA) is 66.5 Å². The van der Waals surface area contributed by atoms with Crippen molar-refractivity contribution in [1.82, 2.24) is 4.90 Å². The minimum atomic E-state index is -2.98. The monoisotopic (exact) mass is 336 g/mol. The maximum absolute atomic E-state index is 12.5. The van der Waals surface area contributed by atoms with Crippen LogP contribution >= 0.6 is 0 Å². The summed E-state index contributed by atoms with van der Waals surface area (Å²) in [6, 6.07) is 5.72. The summed E-state index contributed by atoms with van der Waals surface area (Å²) in [5.74, 6) is 0.204. The molecule has 23 heavy (non-hydrogen) atoms. The molecule has 126 valence electrons. The third kappa shape index (κ3) is 3.52. The number of nitrogens with zero attached hydrogens (tertiary/aromatic N) is 1. The van der Waals surface area contributed by atoms with Crippen molar-refractivity contribution in [1.29, 1.82) is 0 Å². The molecule has 1 N–H and O–H groups in total. The highest BCUT2D eigenvalue weighted by atomic mass is 32.2. The van der Waals surface area contributed by atoms with Gasteiger partial charge in [0.25, 0.3) is 0 Å². The first-order valence-corrected chi connectivity index (χ1v) is 10.0. The van der Waals surface area contributed by atoms with E-state index in [9.17, 15) is 13.2 Å². The van der Waals surface area contributed by atoms with Crippen LogP contribution in [0.3, 0.4) is 0 Å². The molecule has 2 unspecified atom stereocenters. The summed E-state index contributed by atoms with van der Waals surface area (Å²) in [6.07, 6.45) is 3.98. The van der Waals surface area contributed by atoms with E-state index in [2.05, 4.69) is 17.4 Å². The van der Waals surface area contributed by atoms with Gasteiger partial charge in [-0.15, -0.1) is 0 Å². The zero-order valence-electron chi connectivity index (χ0n) is 13.7. The normalized spacial score (nSPS) is 23.3. The Morgan fingerprint density at radius 1 is 1.30 bits per heavy atom. The number of nitrogens with one attached hydrogen (secondary N) is 1. The zero-order chi connectivity index (χ0) is 16.6. The molecule has 1 aromatic carbocycles. The quantitative estimate of drug-likeness (QED) is 0.907. The van der Waals surface area contributed by atoms with Gasteiger partial charge in [0.05, 0.1) is 11.5 Å². The van der Waals surface area contributed by atoms with Gasteiger partial charge in [-0.05, 0) is 55.9 Å². The summed E-state index contributed by atoms with van der Waals surface area (Å²) >= 11 is 0. The van der Waals surface area contributed by atoms with Crippen LogP contribution in [0.4, 0.5) is 5.69 Å². The number of hydrogen-bond donors (Lipinski definition) is 1. The van der Waals surface area contributed by atoms with Gasteiger partial charge >= 0.3 is 0 Å². The van der Waals surface area contributed by atoms with Gasteiger partial charge < -0.3 is 10.2 Å². The van der Waals surface area contributed by atoms with E-state index in [-0.39, 0.29) is 29.5 Å². The molecule has 1 aromatic rings. The van der Waals surface area contributed by atoms with Gasteiger partial charge in [0.15, 0.2) is 9.84 Å². The first-order valence-electron chi connectivity index (χ1n) is 8.21. The number of benzene rings is 1. The van der Waals surface area contributed by atoms with Crippen molar-refractivity contribution in [2.24, 2.45) is 0 Å². The van der Waals surface area contributed by atoms with Crippen molar-refractivity contribution in [2.75, 3.05) is 23.9 Å². The molecule has 1 fully saturated rings. The molecule has 6 heteroatoms. The van der Waals surface area contributed by atoms with Crippen molar-refractivity contribution in [3.05, 3.63) is 29.3 Å². The molecule has 1 aliphatic carbocycles. The lowest BCUT2D eigenvalue weighted by Crippen LogP contribution is -2.45. The SMILES string of the molecule is CC(Nc1ccc2c(c1)CCC2)C(=O)N(C)C1CCS(=O)(=O)C1. The van der Waals surface area contributed by atoms with Crippen LogP contribution in [0.2, 0.25) is 0 Å². The summed E-state index contributed by atoms with van der Waals surface area (Å²) in [7, 11) is -1.28. The average molecular weight is 336 g/mol. The van der Waals surface area contributed by atoms with Crippen LogP contribution in [0.5, 0.6) is 0 Å². The fraction of sp³-hybridized carbons (Fsp3) is 0.588. The van der Waals surface area contributed by atoms with E-state index in [0.717, 1.165) is 18.5 Å². The molecule has 2 atom stereocenters. The first kappa shape index (κ1) is 16.3. The van der Waals surface area contributed by atoms with Crippen LogP contribution in [0.25, 0.3) is 0 Å². The van der Waals surface area contributed by atoms with Gasteiger partial charge in [0, 0.05) is 18.8 Å². The Labute approximate surface area is 138 Å². The fourth-order valence-electron chi connectivity index (χ4n) is 3.54. The Kier molecular flexibility index (Phi) is 4.36. The van der Waals surface area contributed by atoms with Gasteiger partial charge in [-0.2, -0.15) is 0 Å². The van der Waals surface area contributed by atoms with Gasteiger partial charge in [-0.1, -0.05) is 6.07 Å². The van der Waals surface area contributed by atoms with Crippen LogP contribution in [0.15, 0.2) is 18.2 Å². The van der Waals surface area contributed by atoms with Gasteiger partial charge in [0.1, 0.15) is 6.04 Å². The third-order valence-corrected chi connectivity index (χ3v) is 6.71. The molecule has 2 aliphatic rings. The lowest BCUT2D eigenvalue weighted by atomic mass is 10.1. The van der Waals surface area contributed by atoms with E-state index < -0.39 is 9.84 Å². The third-order valence-electron chi connectivity index (χ3n) is 4.96. The minimum Gasteiger partial charge on any atom is -0.374 e. The number of fused-ring (bicyclic) bond motifs is 1. The first-order chi connectivity index (χ1) is 10.9. The molecule has 5 nitrogen and oxygen atoms in total. The van der Waals surface area contributed by atoms with E-state index in [1.165, 1.54) is 17.5 Å². The van der Waals surface area contributed by atoms with Crippen LogP contribution in [-0.4, -0.2) is 49.9 Å². The Morgan fingerprint density at radius 2 is 2.04 bits per heavy atom. The maximum atomic E-state index is 12.5. The van der Waals surface area contributed by atoms with Crippen molar-refractivity contribution >= 4 is 21.4 Å². The minimum absolute atomic E-state index is 0.0624. The van der Waals surface area contributed by atoms with E-state index in [0.29, 0.717) is 6.42 Å². The average Bonchev–Trinajstić information content (AvgIpc) is 3.11. The van der Waals surface area contributed by atoms with Gasteiger partial charge in [-0.25, -0.2) is 8.42 Å². The fourth-order valence-corrected chi connectivity index (χ4v) is 5.31. The number of rotatable bonds is 4. The largest absolute Gasteiger partial charge is 0.374 e. The van der Waals surface area contributed by atoms with Crippen molar-refractivity contribution < 1.29 is 13.2 Å². The maximum Gasteiger partial charge on any atom is 0.244 e. The molecule has 1 amide bonds. The lowest BCUT2D eigenvalue weighted by molar-refractivity contribution is -0.132. The number of carbonyl (C=O) groups excluding carboxylic acids is 1. The Balaban J connectivity index is 1.63. The number of aryl methyl sites for hydroxylation is 2.